The van der Waals surface area contributed by atoms with Crippen molar-refractivity contribution >= 4 is 0 Å². The number of nitrogens with zero attached hydrogens (tertiary/aromatic N) is 1. The molecule has 0 aromatic heterocycles. The lowest BCUT2D eigenvalue weighted by atomic mass is 10.4. The first-order valence-corrected chi connectivity index (χ1v) is 2.89. The van der Waals surface area contributed by atoms with Crippen molar-refractivity contribution in [1.82, 2.24) is 0 Å². The zero-order valence-corrected chi connectivity index (χ0v) is 4.33. The standard InChI is InChI=1S/C6H8N/c1-7-3-2-4-5(7)6(4)7/h2-6H,1H3/q+1. The summed E-state index contributed by atoms with van der Waals surface area (Å²) in [6.07, 6.45) is 4.72. The van der Waals surface area contributed by atoms with Gasteiger partial charge in [-0.25, -0.2) is 0 Å². The normalized spacial score (nSPS) is 78.7. The molecule has 4 aliphatic rings. The monoisotopic (exact) mass is 94.1 g/mol. The van der Waals surface area contributed by atoms with E-state index in [1.807, 2.05) is 0 Å². The SMILES string of the molecule is C[N+]12C=CC3C1C32. The molecule has 1 saturated heterocycles. The van der Waals surface area contributed by atoms with Crippen molar-refractivity contribution in [3.8, 4) is 0 Å². The third kappa shape index (κ3) is 0.118. The minimum atomic E-state index is 1.03. The van der Waals surface area contributed by atoms with Gasteiger partial charge in [-0.2, -0.15) is 0 Å². The summed E-state index contributed by atoms with van der Waals surface area (Å²) < 4.78 is 1.30. The van der Waals surface area contributed by atoms with Gasteiger partial charge in [0.1, 0.15) is 0 Å². The Morgan fingerprint density at radius 1 is 1.43 bits per heavy atom. The van der Waals surface area contributed by atoms with Crippen molar-refractivity contribution < 1.29 is 4.48 Å². The van der Waals surface area contributed by atoms with E-state index in [2.05, 4.69) is 19.3 Å². The Kier molecular flexibility index (Phi) is 0.185. The summed E-state index contributed by atoms with van der Waals surface area (Å²) in [5.74, 6) is 1.03. The summed E-state index contributed by atoms with van der Waals surface area (Å²) >= 11 is 0. The maximum atomic E-state index is 2.37. The van der Waals surface area contributed by atoms with Crippen LogP contribution in [0.2, 0.25) is 0 Å². The quantitative estimate of drug-likeness (QED) is 0.300. The molecule has 0 aromatic rings. The van der Waals surface area contributed by atoms with Crippen molar-refractivity contribution in [3.05, 3.63) is 12.3 Å². The lowest BCUT2D eigenvalue weighted by Crippen LogP contribution is -2.22. The van der Waals surface area contributed by atoms with Gasteiger partial charge in [0.2, 0.25) is 0 Å². The summed E-state index contributed by atoms with van der Waals surface area (Å²) in [4.78, 5) is 0. The van der Waals surface area contributed by atoms with Crippen molar-refractivity contribution in [3.63, 3.8) is 0 Å². The van der Waals surface area contributed by atoms with E-state index in [4.69, 9.17) is 0 Å². The Hall–Kier alpha value is -0.300. The molecule has 2 fully saturated rings. The highest BCUT2D eigenvalue weighted by molar-refractivity contribution is 5.29. The zero-order valence-electron chi connectivity index (χ0n) is 4.33. The molecule has 3 aliphatic heterocycles. The molecule has 1 nitrogen and oxygen atoms in total. The minimum Gasteiger partial charge on any atom is -0.284 e. The van der Waals surface area contributed by atoms with E-state index >= 15 is 0 Å². The largest absolute Gasteiger partial charge is 0.284 e. The lowest BCUT2D eigenvalue weighted by Gasteiger charge is -2.08. The van der Waals surface area contributed by atoms with Crippen LogP contribution in [0.3, 0.4) is 0 Å². The first kappa shape index (κ1) is 2.88. The van der Waals surface area contributed by atoms with Crippen LogP contribution in [-0.4, -0.2) is 23.6 Å². The fourth-order valence-electron chi connectivity index (χ4n) is 2.18. The van der Waals surface area contributed by atoms with E-state index in [1.54, 1.807) is 0 Å². The second-order valence-corrected chi connectivity index (χ2v) is 3.12. The summed E-state index contributed by atoms with van der Waals surface area (Å²) in [7, 11) is 2.31. The molecule has 7 heavy (non-hydrogen) atoms. The molecule has 36 valence electrons. The Bertz CT molecular complexity index is 161. The maximum absolute atomic E-state index is 2.37. The van der Waals surface area contributed by atoms with Crippen molar-refractivity contribution in [1.29, 1.82) is 0 Å². The second kappa shape index (κ2) is 0.451. The molecular formula is C6H8N+. The molecule has 0 amide bonds. The number of hydrogen-bond donors (Lipinski definition) is 0. The van der Waals surface area contributed by atoms with Crippen LogP contribution in [0.25, 0.3) is 0 Å². The summed E-state index contributed by atoms with van der Waals surface area (Å²) in [5, 5.41) is 0. The first-order chi connectivity index (χ1) is 3.34. The fourth-order valence-corrected chi connectivity index (χ4v) is 2.18. The van der Waals surface area contributed by atoms with Crippen molar-refractivity contribution in [2.45, 2.75) is 12.1 Å². The van der Waals surface area contributed by atoms with E-state index in [0.717, 1.165) is 18.0 Å². The number of quaternary nitrogens is 1. The highest BCUT2D eigenvalue weighted by Crippen LogP contribution is 2.68. The smallest absolute Gasteiger partial charge is 0.160 e. The highest BCUT2D eigenvalue weighted by atomic mass is 15.6. The van der Waals surface area contributed by atoms with Gasteiger partial charge in [0.25, 0.3) is 0 Å². The second-order valence-electron chi connectivity index (χ2n) is 3.12. The Morgan fingerprint density at radius 3 is 2.29 bits per heavy atom. The van der Waals surface area contributed by atoms with Crippen LogP contribution in [0.4, 0.5) is 0 Å². The van der Waals surface area contributed by atoms with Crippen molar-refractivity contribution in [2.24, 2.45) is 5.92 Å². The van der Waals surface area contributed by atoms with E-state index in [1.165, 1.54) is 4.48 Å². The average Bonchev–Trinajstić information content (AvgIpc) is 2.42. The molecule has 2 atom stereocenters. The summed E-state index contributed by atoms with van der Waals surface area (Å²) in [6.45, 7) is 0. The van der Waals surface area contributed by atoms with Gasteiger partial charge in [0.05, 0.1) is 19.2 Å². The van der Waals surface area contributed by atoms with Crippen LogP contribution in [0, 0.1) is 5.92 Å². The predicted octanol–water partition coefficient (Wildman–Crippen LogP) is 0.341. The maximum Gasteiger partial charge on any atom is 0.160 e. The molecule has 0 spiro atoms. The van der Waals surface area contributed by atoms with E-state index in [9.17, 15) is 0 Å². The third-order valence-electron chi connectivity index (χ3n) is 2.82. The minimum absolute atomic E-state index is 1.03. The van der Waals surface area contributed by atoms with Crippen LogP contribution in [-0.2, 0) is 0 Å². The molecule has 3 heterocycles. The third-order valence-corrected chi connectivity index (χ3v) is 2.82. The molecule has 0 radical (unpaired) electrons. The zero-order chi connectivity index (χ0) is 4.65. The highest BCUT2D eigenvalue weighted by Gasteiger charge is 2.88. The Labute approximate surface area is 42.8 Å². The average molecular weight is 94.1 g/mol. The van der Waals surface area contributed by atoms with Crippen molar-refractivity contribution in [2.75, 3.05) is 7.05 Å². The molecule has 0 aromatic carbocycles. The molecule has 1 saturated carbocycles. The number of likely N-dealkylation sites (N-methyl/N-ethyl adjacent to an activating group) is 1. The van der Waals surface area contributed by atoms with Gasteiger partial charge in [0.15, 0.2) is 12.1 Å². The van der Waals surface area contributed by atoms with Crippen LogP contribution in [0.15, 0.2) is 12.3 Å². The van der Waals surface area contributed by atoms with Gasteiger partial charge < -0.3 is 0 Å². The van der Waals surface area contributed by atoms with Gasteiger partial charge >= 0.3 is 0 Å². The van der Waals surface area contributed by atoms with Gasteiger partial charge in [-0.1, -0.05) is 0 Å². The van der Waals surface area contributed by atoms with E-state index in [-0.39, 0.29) is 0 Å². The van der Waals surface area contributed by atoms with Crippen LogP contribution in [0.1, 0.15) is 0 Å². The van der Waals surface area contributed by atoms with Gasteiger partial charge in [-0.05, 0) is 6.08 Å². The van der Waals surface area contributed by atoms with Gasteiger partial charge in [0, 0.05) is 0 Å². The molecule has 4 rings (SSSR count). The number of rotatable bonds is 0. The van der Waals surface area contributed by atoms with Gasteiger partial charge in [-0.3, -0.25) is 4.48 Å². The molecule has 2 unspecified atom stereocenters. The first-order valence-electron chi connectivity index (χ1n) is 2.89. The molecule has 2 bridgehead atoms. The van der Waals surface area contributed by atoms with Gasteiger partial charge in [-0.15, -0.1) is 0 Å². The van der Waals surface area contributed by atoms with E-state index in [0.29, 0.717) is 0 Å². The number of hydrogen-bond acceptors (Lipinski definition) is 0. The van der Waals surface area contributed by atoms with Crippen LogP contribution >= 0.6 is 0 Å². The van der Waals surface area contributed by atoms with E-state index < -0.39 is 0 Å². The lowest BCUT2D eigenvalue weighted by molar-refractivity contribution is -0.772. The molecule has 0 N–H and O–H groups in total. The molecule has 1 heteroatoms. The Morgan fingerprint density at radius 2 is 2.14 bits per heavy atom. The summed E-state index contributed by atoms with van der Waals surface area (Å²) in [5.41, 5.74) is 0. The van der Waals surface area contributed by atoms with Crippen LogP contribution in [0.5, 0.6) is 0 Å². The topological polar surface area (TPSA) is 0 Å². The predicted molar refractivity (Wildman–Crippen MR) is 26.4 cm³/mol. The molecule has 1 aliphatic carbocycles. The summed E-state index contributed by atoms with van der Waals surface area (Å²) in [6, 6.07) is 2.14. The Balaban J connectivity index is 2.27. The fraction of sp³-hybridized carbons (Fsp3) is 0.667. The molecular weight excluding hydrogens is 86.1 g/mol. The van der Waals surface area contributed by atoms with Crippen LogP contribution < -0.4 is 0 Å².